The highest BCUT2D eigenvalue weighted by Crippen LogP contribution is 2.45. The van der Waals surface area contributed by atoms with Crippen LogP contribution in [0.4, 0.5) is 0 Å². The number of benzene rings is 1. The zero-order valence-corrected chi connectivity index (χ0v) is 11.6. The number of hydrogen-bond donors (Lipinski definition) is 1. The molecule has 4 heteroatoms. The Bertz CT molecular complexity index is 468. The Morgan fingerprint density at radius 3 is 2.58 bits per heavy atom. The monoisotopic (exact) mass is 259 g/mol. The number of rotatable bonds is 4. The van der Waals surface area contributed by atoms with Gasteiger partial charge >= 0.3 is 0 Å². The number of nitrogens with zero attached hydrogens (tertiary/aromatic N) is 2. The topological polar surface area (TPSA) is 35.6 Å². The molecule has 0 bridgehead atoms. The summed E-state index contributed by atoms with van der Waals surface area (Å²) in [7, 11) is 4.08. The molecule has 19 heavy (non-hydrogen) atoms. The van der Waals surface area contributed by atoms with E-state index in [1.165, 1.54) is 5.56 Å². The molecule has 3 rings (SSSR count). The first-order valence-corrected chi connectivity index (χ1v) is 6.91. The van der Waals surface area contributed by atoms with Crippen molar-refractivity contribution in [3.63, 3.8) is 0 Å². The minimum Gasteiger partial charge on any atom is -0.320 e. The molecule has 1 saturated heterocycles. The fourth-order valence-electron chi connectivity index (χ4n) is 2.71. The Balaban J connectivity index is 1.82. The van der Waals surface area contributed by atoms with Gasteiger partial charge in [-0.3, -0.25) is 10.1 Å². The van der Waals surface area contributed by atoms with E-state index >= 15 is 0 Å². The molecule has 1 amide bonds. The second kappa shape index (κ2) is 4.62. The number of amides is 1. The van der Waals surface area contributed by atoms with Gasteiger partial charge < -0.3 is 9.80 Å². The molecule has 1 aliphatic heterocycles. The molecule has 4 nitrogen and oxygen atoms in total. The quantitative estimate of drug-likeness (QED) is 0.883. The standard InChI is InChI=1S/C15H21N3O/c1-17(2)10-11-18-13(12-6-4-3-5-7-12)16-15(8-9-15)14(18)19/h3-7,13,16H,8-11H2,1-2H3. The Morgan fingerprint density at radius 2 is 2.00 bits per heavy atom. The van der Waals surface area contributed by atoms with E-state index < -0.39 is 0 Å². The van der Waals surface area contributed by atoms with Crippen LogP contribution in [0, 0.1) is 0 Å². The van der Waals surface area contributed by atoms with Gasteiger partial charge in [0.2, 0.25) is 5.91 Å². The molecule has 1 atom stereocenters. The highest BCUT2D eigenvalue weighted by Gasteiger charge is 2.59. The van der Waals surface area contributed by atoms with Crippen molar-refractivity contribution in [3.05, 3.63) is 35.9 Å². The van der Waals surface area contributed by atoms with Gasteiger partial charge in [-0.05, 0) is 32.5 Å². The van der Waals surface area contributed by atoms with E-state index in [9.17, 15) is 4.79 Å². The summed E-state index contributed by atoms with van der Waals surface area (Å²) in [5.41, 5.74) is 0.936. The molecule has 102 valence electrons. The van der Waals surface area contributed by atoms with Gasteiger partial charge in [-0.1, -0.05) is 30.3 Å². The third-order valence-electron chi connectivity index (χ3n) is 4.05. The minimum absolute atomic E-state index is 0.0381. The lowest BCUT2D eigenvalue weighted by molar-refractivity contribution is -0.131. The lowest BCUT2D eigenvalue weighted by Gasteiger charge is -2.25. The normalized spacial score (nSPS) is 24.5. The SMILES string of the molecule is CN(C)CCN1C(=O)C2(CC2)NC1c1ccccc1. The first kappa shape index (κ1) is 12.6. The summed E-state index contributed by atoms with van der Waals surface area (Å²) < 4.78 is 0. The third kappa shape index (κ3) is 2.26. The molecular formula is C15H21N3O. The molecule has 2 fully saturated rings. The second-order valence-corrected chi connectivity index (χ2v) is 5.84. The number of carbonyl (C=O) groups excluding carboxylic acids is 1. The summed E-state index contributed by atoms with van der Waals surface area (Å²) in [6.07, 6.45) is 2.00. The van der Waals surface area contributed by atoms with Crippen molar-refractivity contribution in [2.45, 2.75) is 24.5 Å². The maximum absolute atomic E-state index is 12.5. The van der Waals surface area contributed by atoms with Gasteiger partial charge in [0.1, 0.15) is 11.7 Å². The number of nitrogens with one attached hydrogen (secondary N) is 1. The van der Waals surface area contributed by atoms with Crippen LogP contribution in [-0.4, -0.2) is 48.4 Å². The van der Waals surface area contributed by atoms with Gasteiger partial charge in [0.05, 0.1) is 0 Å². The van der Waals surface area contributed by atoms with E-state index in [-0.39, 0.29) is 17.6 Å². The van der Waals surface area contributed by atoms with Crippen LogP contribution in [0.5, 0.6) is 0 Å². The van der Waals surface area contributed by atoms with Crippen LogP contribution in [0.2, 0.25) is 0 Å². The van der Waals surface area contributed by atoms with E-state index in [4.69, 9.17) is 0 Å². The van der Waals surface area contributed by atoms with Crippen molar-refractivity contribution in [1.82, 2.24) is 15.1 Å². The van der Waals surface area contributed by atoms with Crippen LogP contribution in [0.15, 0.2) is 30.3 Å². The molecule has 0 aromatic heterocycles. The van der Waals surface area contributed by atoms with Crippen molar-refractivity contribution >= 4 is 5.91 Å². The van der Waals surface area contributed by atoms with E-state index in [1.54, 1.807) is 0 Å². The molecule has 1 unspecified atom stereocenters. The van der Waals surface area contributed by atoms with Crippen molar-refractivity contribution in [3.8, 4) is 0 Å². The highest BCUT2D eigenvalue weighted by atomic mass is 16.2. The Morgan fingerprint density at radius 1 is 1.32 bits per heavy atom. The van der Waals surface area contributed by atoms with E-state index in [0.29, 0.717) is 0 Å². The van der Waals surface area contributed by atoms with Gasteiger partial charge in [-0.2, -0.15) is 0 Å². The zero-order valence-electron chi connectivity index (χ0n) is 11.6. The van der Waals surface area contributed by atoms with Gasteiger partial charge in [-0.25, -0.2) is 0 Å². The van der Waals surface area contributed by atoms with Crippen LogP contribution in [-0.2, 0) is 4.79 Å². The Labute approximate surface area is 114 Å². The lowest BCUT2D eigenvalue weighted by Crippen LogP contribution is -2.37. The van der Waals surface area contributed by atoms with Crippen LogP contribution in [0.25, 0.3) is 0 Å². The molecule has 1 aromatic rings. The fraction of sp³-hybridized carbons (Fsp3) is 0.533. The Hall–Kier alpha value is -1.39. The Kier molecular flexibility index (Phi) is 3.07. The average molecular weight is 259 g/mol. The van der Waals surface area contributed by atoms with E-state index in [0.717, 1.165) is 25.9 Å². The fourth-order valence-corrected chi connectivity index (χ4v) is 2.71. The van der Waals surface area contributed by atoms with E-state index in [1.807, 2.05) is 37.2 Å². The molecule has 1 spiro atoms. The maximum atomic E-state index is 12.5. The average Bonchev–Trinajstić information content (AvgIpc) is 3.13. The van der Waals surface area contributed by atoms with Crippen molar-refractivity contribution < 1.29 is 4.79 Å². The van der Waals surface area contributed by atoms with Gasteiger partial charge in [-0.15, -0.1) is 0 Å². The molecule has 0 radical (unpaired) electrons. The summed E-state index contributed by atoms with van der Waals surface area (Å²) in [5.74, 6) is 0.281. The van der Waals surface area contributed by atoms with Crippen molar-refractivity contribution in [2.24, 2.45) is 0 Å². The van der Waals surface area contributed by atoms with Gasteiger partial charge in [0, 0.05) is 13.1 Å². The first-order valence-electron chi connectivity index (χ1n) is 6.91. The predicted molar refractivity (Wildman–Crippen MR) is 74.6 cm³/mol. The minimum atomic E-state index is -0.243. The predicted octanol–water partition coefficient (Wildman–Crippen LogP) is 1.21. The first-order chi connectivity index (χ1) is 9.12. The molecule has 1 N–H and O–H groups in total. The lowest BCUT2D eigenvalue weighted by atomic mass is 10.1. The second-order valence-electron chi connectivity index (χ2n) is 5.84. The van der Waals surface area contributed by atoms with Crippen LogP contribution in [0.1, 0.15) is 24.6 Å². The molecular weight excluding hydrogens is 238 g/mol. The summed E-state index contributed by atoms with van der Waals surface area (Å²) in [6.45, 7) is 1.67. The number of hydrogen-bond acceptors (Lipinski definition) is 3. The zero-order chi connectivity index (χ0) is 13.5. The summed E-state index contributed by atoms with van der Waals surface area (Å²) in [6, 6.07) is 10.3. The molecule has 1 aromatic carbocycles. The van der Waals surface area contributed by atoms with Crippen LogP contribution in [0.3, 0.4) is 0 Å². The molecule has 2 aliphatic rings. The summed E-state index contributed by atoms with van der Waals surface area (Å²) >= 11 is 0. The van der Waals surface area contributed by atoms with Crippen molar-refractivity contribution in [1.29, 1.82) is 0 Å². The smallest absolute Gasteiger partial charge is 0.244 e. The number of carbonyl (C=O) groups is 1. The van der Waals surface area contributed by atoms with E-state index in [2.05, 4.69) is 22.3 Å². The largest absolute Gasteiger partial charge is 0.320 e. The molecule has 1 aliphatic carbocycles. The van der Waals surface area contributed by atoms with Crippen LogP contribution >= 0.6 is 0 Å². The summed E-state index contributed by atoms with van der Waals surface area (Å²) in [5, 5.41) is 3.54. The van der Waals surface area contributed by atoms with Crippen molar-refractivity contribution in [2.75, 3.05) is 27.2 Å². The molecule has 1 heterocycles. The van der Waals surface area contributed by atoms with Gasteiger partial charge in [0.25, 0.3) is 0 Å². The summed E-state index contributed by atoms with van der Waals surface area (Å²) in [4.78, 5) is 16.7. The maximum Gasteiger partial charge on any atom is 0.244 e. The highest BCUT2D eigenvalue weighted by molar-refractivity contribution is 5.92. The molecule has 1 saturated carbocycles. The third-order valence-corrected chi connectivity index (χ3v) is 4.05. The van der Waals surface area contributed by atoms with Gasteiger partial charge in [0.15, 0.2) is 0 Å². The number of likely N-dealkylation sites (N-methyl/N-ethyl adjacent to an activating group) is 1. The van der Waals surface area contributed by atoms with Crippen LogP contribution < -0.4 is 5.32 Å².